The van der Waals surface area contributed by atoms with Gasteiger partial charge < -0.3 is 11.1 Å². The van der Waals surface area contributed by atoms with Gasteiger partial charge in [-0.1, -0.05) is 60.7 Å². The van der Waals surface area contributed by atoms with Crippen molar-refractivity contribution >= 4 is 33.4 Å². The van der Waals surface area contributed by atoms with E-state index in [0.29, 0.717) is 11.1 Å². The van der Waals surface area contributed by atoms with Gasteiger partial charge in [-0.25, -0.2) is 0 Å². The van der Waals surface area contributed by atoms with E-state index in [1.54, 1.807) is 24.3 Å². The predicted octanol–water partition coefficient (Wildman–Crippen LogP) is 3.69. The highest BCUT2D eigenvalue weighted by Crippen LogP contribution is 2.28. The Morgan fingerprint density at radius 2 is 1.53 bits per heavy atom. The minimum Gasteiger partial charge on any atom is -0.368 e. The molecule has 4 aromatic rings. The number of hydrogen-bond donors (Lipinski definition) is 2. The topological polar surface area (TPSA) is 96.0 Å². The Bertz CT molecular complexity index is 1270. The molecule has 4 rings (SSSR count). The summed E-state index contributed by atoms with van der Waals surface area (Å²) in [6, 6.07) is 25.4. The van der Waals surface area contributed by atoms with Crippen molar-refractivity contribution in [1.29, 1.82) is 5.26 Å². The number of carbonyl (C=O) groups excluding carboxylic acids is 2. The molecule has 1 atom stereocenters. The van der Waals surface area contributed by atoms with Gasteiger partial charge in [-0.3, -0.25) is 9.59 Å². The van der Waals surface area contributed by atoms with E-state index in [1.807, 2.05) is 54.6 Å². The van der Waals surface area contributed by atoms with Gasteiger partial charge in [0.1, 0.15) is 6.04 Å². The molecule has 0 aliphatic carbocycles. The predicted molar refractivity (Wildman–Crippen MR) is 117 cm³/mol. The first-order valence-electron chi connectivity index (χ1n) is 9.56. The Morgan fingerprint density at radius 3 is 2.13 bits per heavy atom. The third-order valence-electron chi connectivity index (χ3n) is 5.14. The molecule has 0 saturated carbocycles. The summed E-state index contributed by atoms with van der Waals surface area (Å²) in [4.78, 5) is 25.4. The molecule has 3 N–H and O–H groups in total. The van der Waals surface area contributed by atoms with Gasteiger partial charge in [-0.2, -0.15) is 5.26 Å². The standard InChI is InChI=1S/C25H19N3O2/c26-15-17-7-5-6-16(12-17)13-22(24(27)29)28-25(30)23-20-10-3-1-8-18(20)14-19-9-2-4-11-21(19)23/h1-12,14,22H,13H2,(H2,27,29)(H,28,30)/t22-/m1/s1. The summed E-state index contributed by atoms with van der Waals surface area (Å²) in [6.07, 6.45) is 0.208. The average molecular weight is 393 g/mol. The van der Waals surface area contributed by atoms with E-state index >= 15 is 0 Å². The second-order valence-corrected chi connectivity index (χ2v) is 7.14. The van der Waals surface area contributed by atoms with Crippen LogP contribution >= 0.6 is 0 Å². The SMILES string of the molecule is N#Cc1cccc(C[C@@H](NC(=O)c2c3ccccc3cc3ccccc23)C(N)=O)c1. The van der Waals surface area contributed by atoms with Crippen molar-refractivity contribution in [2.45, 2.75) is 12.5 Å². The van der Waals surface area contributed by atoms with Gasteiger partial charge in [0.2, 0.25) is 5.91 Å². The molecule has 146 valence electrons. The van der Waals surface area contributed by atoms with Crippen molar-refractivity contribution < 1.29 is 9.59 Å². The zero-order valence-corrected chi connectivity index (χ0v) is 16.1. The zero-order valence-electron chi connectivity index (χ0n) is 16.1. The van der Waals surface area contributed by atoms with Crippen LogP contribution in [0.4, 0.5) is 0 Å². The van der Waals surface area contributed by atoms with Crippen LogP contribution in [-0.2, 0) is 11.2 Å². The maximum Gasteiger partial charge on any atom is 0.253 e. The van der Waals surface area contributed by atoms with Crippen LogP contribution in [0.15, 0.2) is 78.9 Å². The normalized spacial score (nSPS) is 11.7. The van der Waals surface area contributed by atoms with Gasteiger partial charge in [0.25, 0.3) is 5.91 Å². The van der Waals surface area contributed by atoms with Gasteiger partial charge in [-0.15, -0.1) is 0 Å². The Kier molecular flexibility index (Phi) is 5.15. The minimum atomic E-state index is -0.899. The van der Waals surface area contributed by atoms with Crippen molar-refractivity contribution in [3.63, 3.8) is 0 Å². The maximum absolute atomic E-state index is 13.3. The first-order chi connectivity index (χ1) is 14.6. The molecule has 0 fully saturated rings. The molecule has 5 nitrogen and oxygen atoms in total. The van der Waals surface area contributed by atoms with E-state index < -0.39 is 11.9 Å². The van der Waals surface area contributed by atoms with Crippen molar-refractivity contribution in [2.24, 2.45) is 5.73 Å². The fourth-order valence-electron chi connectivity index (χ4n) is 3.72. The number of nitrogens with one attached hydrogen (secondary N) is 1. The first kappa shape index (κ1) is 19.2. The van der Waals surface area contributed by atoms with Crippen LogP contribution in [0.25, 0.3) is 21.5 Å². The Balaban J connectivity index is 1.73. The van der Waals surface area contributed by atoms with Crippen LogP contribution in [0.1, 0.15) is 21.5 Å². The number of nitrogens with two attached hydrogens (primary N) is 1. The van der Waals surface area contributed by atoms with Crippen molar-refractivity contribution in [3.05, 3.63) is 95.6 Å². The van der Waals surface area contributed by atoms with Crippen molar-refractivity contribution in [1.82, 2.24) is 5.32 Å². The van der Waals surface area contributed by atoms with Gasteiger partial charge in [-0.05, 0) is 45.3 Å². The lowest BCUT2D eigenvalue weighted by atomic mass is 9.95. The Labute approximate surface area is 173 Å². The molecule has 5 heteroatoms. The number of nitrogens with zero attached hydrogens (tertiary/aromatic N) is 1. The number of nitriles is 1. The molecule has 0 spiro atoms. The third-order valence-corrected chi connectivity index (χ3v) is 5.14. The molecule has 0 radical (unpaired) electrons. The smallest absolute Gasteiger partial charge is 0.253 e. The summed E-state index contributed by atoms with van der Waals surface area (Å²) >= 11 is 0. The lowest BCUT2D eigenvalue weighted by Gasteiger charge is -2.18. The summed E-state index contributed by atoms with van der Waals surface area (Å²) in [6.45, 7) is 0. The zero-order chi connectivity index (χ0) is 21.1. The van der Waals surface area contributed by atoms with E-state index in [1.165, 1.54) is 0 Å². The summed E-state index contributed by atoms with van der Waals surface area (Å²) in [5, 5.41) is 15.4. The van der Waals surface area contributed by atoms with E-state index in [-0.39, 0.29) is 12.3 Å². The van der Waals surface area contributed by atoms with Crippen molar-refractivity contribution in [3.8, 4) is 6.07 Å². The quantitative estimate of drug-likeness (QED) is 0.506. The van der Waals surface area contributed by atoms with Gasteiger partial charge in [0.05, 0.1) is 17.2 Å². The lowest BCUT2D eigenvalue weighted by molar-refractivity contribution is -0.119. The van der Waals surface area contributed by atoms with Crippen LogP contribution in [-0.4, -0.2) is 17.9 Å². The second-order valence-electron chi connectivity index (χ2n) is 7.14. The molecule has 0 saturated heterocycles. The van der Waals surface area contributed by atoms with E-state index in [4.69, 9.17) is 11.0 Å². The number of amides is 2. The van der Waals surface area contributed by atoms with Gasteiger partial charge >= 0.3 is 0 Å². The maximum atomic E-state index is 13.3. The molecule has 0 aliphatic heterocycles. The van der Waals surface area contributed by atoms with Crippen LogP contribution in [0, 0.1) is 11.3 Å². The third kappa shape index (κ3) is 3.71. The molecule has 2 amide bonds. The van der Waals surface area contributed by atoms with Crippen LogP contribution in [0.3, 0.4) is 0 Å². The molecular formula is C25H19N3O2. The largest absolute Gasteiger partial charge is 0.368 e. The summed E-state index contributed by atoms with van der Waals surface area (Å²) in [5.41, 5.74) is 7.34. The Hall–Kier alpha value is -4.17. The lowest BCUT2D eigenvalue weighted by Crippen LogP contribution is -2.46. The Morgan fingerprint density at radius 1 is 0.900 bits per heavy atom. The summed E-state index contributed by atoms with van der Waals surface area (Å²) in [5.74, 6) is -0.988. The second kappa shape index (κ2) is 8.06. The molecule has 30 heavy (non-hydrogen) atoms. The highest BCUT2D eigenvalue weighted by molar-refractivity contribution is 6.18. The van der Waals surface area contributed by atoms with Crippen LogP contribution < -0.4 is 11.1 Å². The summed E-state index contributed by atoms with van der Waals surface area (Å²) in [7, 11) is 0. The number of carbonyl (C=O) groups is 2. The number of benzene rings is 4. The number of hydrogen-bond acceptors (Lipinski definition) is 3. The summed E-state index contributed by atoms with van der Waals surface area (Å²) < 4.78 is 0. The highest BCUT2D eigenvalue weighted by atomic mass is 16.2. The fraction of sp³-hybridized carbons (Fsp3) is 0.0800. The van der Waals surface area contributed by atoms with E-state index in [2.05, 4.69) is 11.4 Å². The van der Waals surface area contributed by atoms with Gasteiger partial charge in [0.15, 0.2) is 0 Å². The molecule has 4 aromatic carbocycles. The van der Waals surface area contributed by atoms with Crippen molar-refractivity contribution in [2.75, 3.05) is 0 Å². The minimum absolute atomic E-state index is 0.208. The van der Waals surface area contributed by atoms with E-state index in [0.717, 1.165) is 27.1 Å². The molecule has 0 aliphatic rings. The monoisotopic (exact) mass is 393 g/mol. The number of primary amides is 1. The average Bonchev–Trinajstić information content (AvgIpc) is 2.76. The van der Waals surface area contributed by atoms with Crippen LogP contribution in [0.5, 0.6) is 0 Å². The molecule has 0 aromatic heterocycles. The number of rotatable bonds is 5. The van der Waals surface area contributed by atoms with Crippen LogP contribution in [0.2, 0.25) is 0 Å². The number of fused-ring (bicyclic) bond motifs is 2. The van der Waals surface area contributed by atoms with Gasteiger partial charge in [0, 0.05) is 6.42 Å². The molecule has 0 heterocycles. The first-order valence-corrected chi connectivity index (χ1v) is 9.56. The molecule has 0 bridgehead atoms. The van der Waals surface area contributed by atoms with E-state index in [9.17, 15) is 9.59 Å². The fourth-order valence-corrected chi connectivity index (χ4v) is 3.72. The molecular weight excluding hydrogens is 374 g/mol. The highest BCUT2D eigenvalue weighted by Gasteiger charge is 2.22. The molecule has 0 unspecified atom stereocenters.